The third-order valence-corrected chi connectivity index (χ3v) is 0. The Morgan fingerprint density at radius 2 is 1.25 bits per heavy atom. The number of rotatable bonds is 0. The summed E-state index contributed by atoms with van der Waals surface area (Å²) in [4.78, 5) is 0. The molecule has 0 aromatic heterocycles. The molecule has 0 bridgehead atoms. The van der Waals surface area contributed by atoms with E-state index in [0.717, 1.165) is 0 Å². The molecule has 0 nitrogen and oxygen atoms in total. The van der Waals surface area contributed by atoms with Crippen LogP contribution in [-0.2, 0) is 0 Å². The molecule has 0 aliphatic heterocycles. The summed E-state index contributed by atoms with van der Waals surface area (Å²) < 4.78 is 0. The summed E-state index contributed by atoms with van der Waals surface area (Å²) in [6, 6.07) is 0. The van der Waals surface area contributed by atoms with Crippen molar-refractivity contribution in [2.24, 2.45) is 0 Å². The van der Waals surface area contributed by atoms with Crippen molar-refractivity contribution in [3.05, 3.63) is 0 Å². The zero-order chi connectivity index (χ0) is 2.71. The molecule has 26 valence electrons. The van der Waals surface area contributed by atoms with E-state index >= 15 is 0 Å². The Balaban J connectivity index is 0. The molecule has 0 spiro atoms. The van der Waals surface area contributed by atoms with Crippen molar-refractivity contribution in [3.8, 4) is 0 Å². The average Bonchev–Trinajstić information content (AvgIpc) is 0.918. The van der Waals surface area contributed by atoms with Gasteiger partial charge in [-0.05, 0) is 0 Å². The van der Waals surface area contributed by atoms with Gasteiger partial charge in [0.2, 0.25) is 0 Å². The molecule has 0 rings (SSSR count). The van der Waals surface area contributed by atoms with Gasteiger partial charge in [0.05, 0.1) is 0 Å². The maximum absolute atomic E-state index is 4.27. The molecule has 0 unspecified atom stereocenters. The van der Waals surface area contributed by atoms with E-state index in [1.54, 1.807) is 0 Å². The zero-order valence-corrected chi connectivity index (χ0v) is 7.17. The molecule has 0 saturated carbocycles. The first-order chi connectivity index (χ1) is 1.41. The molecule has 0 aliphatic carbocycles. The monoisotopic (exact) mass is 226 g/mol. The number of hydrogen-bond donors (Lipinski definition) is 0. The molecular formula is H2S2Se2. The molecule has 4 heteroatoms. The summed E-state index contributed by atoms with van der Waals surface area (Å²) in [5, 5.41) is 0. The van der Waals surface area contributed by atoms with Crippen LogP contribution in [0.4, 0.5) is 0 Å². The summed E-state index contributed by atoms with van der Waals surface area (Å²) in [6.45, 7) is 0. The predicted molar refractivity (Wildman–Crippen MR) is 29.5 cm³/mol. The summed E-state index contributed by atoms with van der Waals surface area (Å²) in [6.07, 6.45) is 0. The van der Waals surface area contributed by atoms with Crippen LogP contribution in [0, 0.1) is 0 Å². The zero-order valence-electron chi connectivity index (χ0n) is 1.72. The van der Waals surface area contributed by atoms with E-state index in [0.29, 0.717) is 0 Å². The van der Waals surface area contributed by atoms with Crippen LogP contribution in [-0.4, -0.2) is 28.8 Å². The van der Waals surface area contributed by atoms with Crippen LogP contribution in [0.2, 0.25) is 0 Å². The van der Waals surface area contributed by atoms with E-state index in [2.05, 4.69) is 21.1 Å². The molecule has 0 aliphatic rings. The van der Waals surface area contributed by atoms with Crippen LogP contribution >= 0.6 is 21.1 Å². The Labute approximate surface area is 49.7 Å². The van der Waals surface area contributed by atoms with Gasteiger partial charge in [-0.25, -0.2) is 0 Å². The molecule has 0 aromatic carbocycles. The Hall–Kier alpha value is 1.48. The van der Waals surface area contributed by atoms with Gasteiger partial charge in [0, 0.05) is 0 Å². The fourth-order valence-electron chi connectivity index (χ4n) is 0. The molecule has 0 heterocycles. The fourth-order valence-corrected chi connectivity index (χ4v) is 0. The second kappa shape index (κ2) is 8.82. The van der Waals surface area contributed by atoms with Gasteiger partial charge in [0.1, 0.15) is 0 Å². The SMILES string of the molecule is S=[Se]=S.[SeH2]. The van der Waals surface area contributed by atoms with Crippen LogP contribution in [0.25, 0.3) is 0 Å². The van der Waals surface area contributed by atoms with Gasteiger partial charge in [-0.3, -0.25) is 0 Å². The topological polar surface area (TPSA) is 0 Å². The van der Waals surface area contributed by atoms with Gasteiger partial charge in [0.25, 0.3) is 0 Å². The molecule has 0 atom stereocenters. The quantitative estimate of drug-likeness (QED) is 0.531. The van der Waals surface area contributed by atoms with Gasteiger partial charge in [-0.1, -0.05) is 0 Å². The van der Waals surface area contributed by atoms with E-state index in [1.807, 2.05) is 0 Å². The van der Waals surface area contributed by atoms with Gasteiger partial charge in [0.15, 0.2) is 0 Å². The Bertz CT molecular complexity index is 25.0. The molecule has 4 heavy (non-hydrogen) atoms. The molecule has 0 N–H and O–H groups in total. The van der Waals surface area contributed by atoms with Gasteiger partial charge < -0.3 is 0 Å². The van der Waals surface area contributed by atoms with E-state index < -0.39 is 0 Å². The summed E-state index contributed by atoms with van der Waals surface area (Å²) >= 11 is 0.0417. The molecule has 0 radical (unpaired) electrons. The molecule has 0 aromatic rings. The first-order valence-electron chi connectivity index (χ1n) is 0.333. The Morgan fingerprint density at radius 1 is 1.25 bits per heavy atom. The molecular weight excluding hydrogens is 222 g/mol. The first kappa shape index (κ1) is 9.08. The van der Waals surface area contributed by atoms with Crippen molar-refractivity contribution in [2.75, 3.05) is 0 Å². The third-order valence-electron chi connectivity index (χ3n) is 0. The Morgan fingerprint density at radius 3 is 1.25 bits per heavy atom. The van der Waals surface area contributed by atoms with Crippen molar-refractivity contribution in [1.29, 1.82) is 0 Å². The Kier molecular flexibility index (Phi) is 20.0. The van der Waals surface area contributed by atoms with Crippen LogP contribution in [0.1, 0.15) is 0 Å². The standard InChI is InChI=1S/S2Se.H2Se/c1-3-2;/h;1H2. The number of hydrogen-bond acceptors (Lipinski definition) is 2. The van der Waals surface area contributed by atoms with Crippen LogP contribution in [0.3, 0.4) is 0 Å². The van der Waals surface area contributed by atoms with Crippen LogP contribution < -0.4 is 0 Å². The van der Waals surface area contributed by atoms with Gasteiger partial charge in [-0.15, -0.1) is 0 Å². The second-order valence-electron chi connectivity index (χ2n) is 0.0680. The van der Waals surface area contributed by atoms with E-state index in [-0.39, 0.29) is 28.8 Å². The minimum absolute atomic E-state index is 0. The van der Waals surface area contributed by atoms with Crippen molar-refractivity contribution < 1.29 is 0 Å². The molecule has 0 fully saturated rings. The van der Waals surface area contributed by atoms with Crippen molar-refractivity contribution >= 4 is 49.9 Å². The molecule has 0 amide bonds. The maximum atomic E-state index is 4.27. The van der Waals surface area contributed by atoms with Crippen molar-refractivity contribution in [1.82, 2.24) is 0 Å². The second-order valence-corrected chi connectivity index (χ2v) is 3.18. The van der Waals surface area contributed by atoms with E-state index in [4.69, 9.17) is 0 Å². The minimum atomic E-state index is 0. The van der Waals surface area contributed by atoms with E-state index in [1.165, 1.54) is 0 Å². The van der Waals surface area contributed by atoms with Crippen molar-refractivity contribution in [3.63, 3.8) is 0 Å². The summed E-state index contributed by atoms with van der Waals surface area (Å²) in [7, 11) is 8.54. The average molecular weight is 224 g/mol. The fraction of sp³-hybridized carbons (Fsp3) is 0. The van der Waals surface area contributed by atoms with Crippen LogP contribution in [0.5, 0.6) is 0 Å². The molecule has 0 saturated heterocycles. The van der Waals surface area contributed by atoms with E-state index in [9.17, 15) is 0 Å². The first-order valence-corrected chi connectivity index (χ1v) is 5.20. The summed E-state index contributed by atoms with van der Waals surface area (Å²) in [5.41, 5.74) is 0. The third kappa shape index (κ3) is 9.77. The van der Waals surface area contributed by atoms with Crippen molar-refractivity contribution in [2.45, 2.75) is 0 Å². The van der Waals surface area contributed by atoms with Gasteiger partial charge >= 0.3 is 49.9 Å². The van der Waals surface area contributed by atoms with Gasteiger partial charge in [-0.2, -0.15) is 0 Å². The summed E-state index contributed by atoms with van der Waals surface area (Å²) in [5.74, 6) is 0. The normalized spacial score (nSPS) is 3.00. The van der Waals surface area contributed by atoms with Crippen LogP contribution in [0.15, 0.2) is 0 Å². The predicted octanol–water partition coefficient (Wildman–Crippen LogP) is -0.000600.